The van der Waals surface area contributed by atoms with E-state index in [9.17, 15) is 29.1 Å². The van der Waals surface area contributed by atoms with Crippen LogP contribution in [0.3, 0.4) is 0 Å². The molecule has 0 amide bonds. The summed E-state index contributed by atoms with van der Waals surface area (Å²) in [6, 6.07) is 7.15. The monoisotopic (exact) mass is 710 g/mol. The number of rotatable bonds is 10. The van der Waals surface area contributed by atoms with Crippen LogP contribution in [0.4, 0.5) is 0 Å². The fraction of sp³-hybridized carbons (Fsp3) is 0.647. The maximum atomic E-state index is 11.6. The average Bonchev–Trinajstić information content (AvgIpc) is 2.85. The Morgan fingerprint density at radius 2 is 0.745 bits per heavy atom. The van der Waals surface area contributed by atoms with Crippen LogP contribution >= 0.6 is 15.6 Å². The zero-order valence-electron chi connectivity index (χ0n) is 30.9. The van der Waals surface area contributed by atoms with Gasteiger partial charge in [-0.1, -0.05) is 83.1 Å². The zero-order valence-corrected chi connectivity index (χ0v) is 34.1. The van der Waals surface area contributed by atoms with Gasteiger partial charge in [-0.25, -0.2) is 0 Å². The summed E-state index contributed by atoms with van der Waals surface area (Å²) in [6.45, 7) is 27.0. The van der Waals surface area contributed by atoms with Crippen LogP contribution in [0.1, 0.15) is 130 Å². The molecule has 0 aliphatic heterocycles. The van der Waals surface area contributed by atoms with Crippen LogP contribution in [-0.4, -0.2) is 46.5 Å². The van der Waals surface area contributed by atoms with Crippen molar-refractivity contribution in [1.82, 2.24) is 0 Å². The van der Waals surface area contributed by atoms with Gasteiger partial charge in [0.1, 0.15) is 11.5 Å². The number of benzene rings is 2. The molecule has 0 fully saturated rings. The fourth-order valence-corrected chi connectivity index (χ4v) is 5.94. The molecule has 0 saturated carbocycles. The molecule has 2 aromatic carbocycles. The van der Waals surface area contributed by atoms with Crippen molar-refractivity contribution in [1.29, 1.82) is 0 Å². The molecule has 2 unspecified atom stereocenters. The van der Waals surface area contributed by atoms with Gasteiger partial charge in [0.15, 0.2) is 0 Å². The van der Waals surface area contributed by atoms with E-state index in [2.05, 4.69) is 9.05 Å². The summed E-state index contributed by atoms with van der Waals surface area (Å²) in [4.78, 5) is 23.1. The molecule has 0 saturated heterocycles. The van der Waals surface area contributed by atoms with Gasteiger partial charge in [0.05, 0.1) is 26.4 Å². The van der Waals surface area contributed by atoms with E-state index in [1.165, 1.54) is 0 Å². The van der Waals surface area contributed by atoms with Crippen molar-refractivity contribution in [2.24, 2.45) is 0 Å². The second-order valence-corrected chi connectivity index (χ2v) is 18.2. The molecule has 0 radical (unpaired) electrons. The molecule has 47 heavy (non-hydrogen) atoms. The number of hydrogen-bond acceptors (Lipinski definition) is 10. The molecule has 2 rings (SSSR count). The summed E-state index contributed by atoms with van der Waals surface area (Å²) in [7, 11) is -8.59. The van der Waals surface area contributed by atoms with Crippen molar-refractivity contribution in [3.63, 3.8) is 0 Å². The average molecular weight is 711 g/mol. The summed E-state index contributed by atoms with van der Waals surface area (Å²) in [5, 5.41) is 21.2. The molecular weight excluding hydrogens is 655 g/mol. The Labute approximate surface area is 299 Å². The van der Waals surface area contributed by atoms with Gasteiger partial charge in [-0.2, -0.15) is 0 Å². The Hall–Kier alpha value is -0.974. The van der Waals surface area contributed by atoms with Crippen molar-refractivity contribution in [3.8, 4) is 11.5 Å². The van der Waals surface area contributed by atoms with Crippen LogP contribution in [0, 0.1) is 0 Å². The molecule has 0 heterocycles. The van der Waals surface area contributed by atoms with Gasteiger partial charge < -0.3 is 38.1 Å². The second-order valence-electron chi connectivity index (χ2n) is 15.4. The van der Waals surface area contributed by atoms with E-state index in [1.807, 2.05) is 83.1 Å². The van der Waals surface area contributed by atoms with E-state index >= 15 is 0 Å². The smallest absolute Gasteiger partial charge is 0.756 e. The summed E-state index contributed by atoms with van der Waals surface area (Å²) in [5.74, 6) is 0.507. The van der Waals surface area contributed by atoms with Gasteiger partial charge in [-0.15, -0.1) is 0 Å². The number of phenols is 2. The van der Waals surface area contributed by atoms with Gasteiger partial charge in [0.2, 0.25) is 0 Å². The zero-order chi connectivity index (χ0) is 36.1. The molecule has 0 aromatic heterocycles. The Morgan fingerprint density at radius 3 is 0.915 bits per heavy atom. The third-order valence-corrected chi connectivity index (χ3v) is 8.96. The predicted octanol–water partition coefficient (Wildman–Crippen LogP) is 7.64. The first-order valence-corrected chi connectivity index (χ1v) is 18.4. The summed E-state index contributed by atoms with van der Waals surface area (Å²) in [5.41, 5.74) is 3.33. The molecule has 0 spiro atoms. The molecule has 0 bridgehead atoms. The largest absolute Gasteiger partial charge is 2.00 e. The second kappa shape index (κ2) is 17.3. The van der Waals surface area contributed by atoms with Crippen LogP contribution in [0.25, 0.3) is 0 Å². The van der Waals surface area contributed by atoms with Gasteiger partial charge in [-0.05, 0) is 93.2 Å². The number of phosphoric acid groups is 2. The Kier molecular flexibility index (Phi) is 16.9. The van der Waals surface area contributed by atoms with Gasteiger partial charge >= 0.3 is 23.1 Å². The molecule has 10 nitrogen and oxygen atoms in total. The number of aromatic hydroxyl groups is 2. The number of phenolic OH excluding ortho intramolecular Hbond substituents is 2. The molecule has 2 N–H and O–H groups in total. The van der Waals surface area contributed by atoms with Gasteiger partial charge in [0, 0.05) is 0 Å². The van der Waals surface area contributed by atoms with Crippen LogP contribution in [-0.2, 0) is 62.1 Å². The summed E-state index contributed by atoms with van der Waals surface area (Å²) < 4.78 is 42.2. The normalized spacial score (nSPS) is 15.1. The van der Waals surface area contributed by atoms with E-state index in [1.54, 1.807) is 38.1 Å². The van der Waals surface area contributed by atoms with E-state index < -0.39 is 15.6 Å². The molecule has 0 aliphatic carbocycles. The number of phosphoric ester groups is 2. The first-order valence-electron chi connectivity index (χ1n) is 15.5. The Bertz CT molecular complexity index is 1240. The standard InChI is InChI=1S/2C17H29O5P.Mg/c2*1-8-21-23(19,20)22-11-12-9-13(16(2,3)4)15(18)14(10-12)17(5,6)7;/h2*9-10,18H,8,11H2,1-7H3,(H,19,20);/q;;+2/p-2. The van der Waals surface area contributed by atoms with Crippen LogP contribution in [0.2, 0.25) is 0 Å². The van der Waals surface area contributed by atoms with Gasteiger partial charge in [-0.3, -0.25) is 9.13 Å². The third-order valence-electron chi connectivity index (χ3n) is 6.92. The quantitative estimate of drug-likeness (QED) is 0.185. The van der Waals surface area contributed by atoms with E-state index in [0.29, 0.717) is 11.1 Å². The predicted molar refractivity (Wildman–Crippen MR) is 185 cm³/mol. The van der Waals surface area contributed by atoms with E-state index in [0.717, 1.165) is 22.3 Å². The SMILES string of the molecule is CCOP(=O)([O-])OCc1cc(C(C)(C)C)c(O)c(C(C)(C)C)c1.CCOP(=O)([O-])OCc1cc(C(C)(C)C)c(O)c(C(C)(C)C)c1.[Mg+2]. The molecule has 0 aliphatic rings. The minimum absolute atomic E-state index is 0. The fourth-order valence-electron chi connectivity index (χ4n) is 4.54. The molecule has 2 aromatic rings. The van der Waals surface area contributed by atoms with Crippen molar-refractivity contribution in [3.05, 3.63) is 57.6 Å². The molecular formula is C34H56MgO10P2. The first-order chi connectivity index (χ1) is 20.6. The third kappa shape index (κ3) is 14.8. The van der Waals surface area contributed by atoms with Crippen molar-refractivity contribution < 1.29 is 47.2 Å². The topological polar surface area (TPSA) is 158 Å². The van der Waals surface area contributed by atoms with Crippen LogP contribution < -0.4 is 9.79 Å². The molecule has 13 heteroatoms. The minimum atomic E-state index is -4.29. The minimum Gasteiger partial charge on any atom is -0.756 e. The summed E-state index contributed by atoms with van der Waals surface area (Å²) in [6.07, 6.45) is 0. The maximum Gasteiger partial charge on any atom is 2.00 e. The maximum absolute atomic E-state index is 11.6. The number of hydrogen-bond donors (Lipinski definition) is 2. The first kappa shape index (κ1) is 46.0. The van der Waals surface area contributed by atoms with Crippen LogP contribution in [0.15, 0.2) is 24.3 Å². The van der Waals surface area contributed by atoms with E-state index in [-0.39, 0.29) is 82.6 Å². The van der Waals surface area contributed by atoms with Gasteiger partial charge in [0.25, 0.3) is 15.6 Å². The Balaban J connectivity index is 0.000000882. The Morgan fingerprint density at radius 1 is 0.532 bits per heavy atom. The molecule has 2 atom stereocenters. The molecule has 264 valence electrons. The van der Waals surface area contributed by atoms with Crippen molar-refractivity contribution >= 4 is 38.7 Å². The van der Waals surface area contributed by atoms with Crippen molar-refractivity contribution in [2.45, 2.75) is 132 Å². The van der Waals surface area contributed by atoms with E-state index in [4.69, 9.17) is 9.05 Å². The van der Waals surface area contributed by atoms with Crippen molar-refractivity contribution in [2.75, 3.05) is 13.2 Å². The summed E-state index contributed by atoms with van der Waals surface area (Å²) >= 11 is 0. The van der Waals surface area contributed by atoms with Crippen LogP contribution in [0.5, 0.6) is 11.5 Å².